The Bertz CT molecular complexity index is 1660. The van der Waals surface area contributed by atoms with Crippen LogP contribution in [0.3, 0.4) is 0 Å². The number of hydrogen-bond donors (Lipinski definition) is 0. The minimum absolute atomic E-state index is 0.198. The van der Waals surface area contributed by atoms with Crippen molar-refractivity contribution in [1.82, 2.24) is 8.96 Å². The Kier molecular flexibility index (Phi) is 5.89. The van der Waals surface area contributed by atoms with Crippen molar-refractivity contribution >= 4 is 43.8 Å². The van der Waals surface area contributed by atoms with Crippen LogP contribution >= 0.6 is 11.8 Å². The minimum Gasteiger partial charge on any atom is -0.493 e. The zero-order chi connectivity index (χ0) is 23.7. The summed E-state index contributed by atoms with van der Waals surface area (Å²) in [6, 6.07) is 22.3. The Morgan fingerprint density at radius 1 is 1.00 bits per heavy atom. The number of para-hydroxylation sites is 2. The quantitative estimate of drug-likeness (QED) is 0.182. The predicted octanol–water partition coefficient (Wildman–Crippen LogP) is 4.86. The molecule has 0 aliphatic heterocycles. The van der Waals surface area contributed by atoms with Gasteiger partial charge in [0.05, 0.1) is 22.5 Å². The lowest BCUT2D eigenvalue weighted by Gasteiger charge is -2.11. The molecule has 172 valence electrons. The highest BCUT2D eigenvalue weighted by atomic mass is 32.2. The molecule has 0 amide bonds. The van der Waals surface area contributed by atoms with Crippen LogP contribution in [0.15, 0.2) is 98.1 Å². The van der Waals surface area contributed by atoms with Crippen molar-refractivity contribution in [2.45, 2.75) is 17.0 Å². The second-order valence-corrected chi connectivity index (χ2v) is 10.4. The third-order valence-corrected chi connectivity index (χ3v) is 8.01. The number of hydrogen-bond acceptors (Lipinski definition) is 7. The van der Waals surface area contributed by atoms with Crippen LogP contribution in [0.5, 0.6) is 5.75 Å². The molecule has 7 nitrogen and oxygen atoms in total. The highest BCUT2D eigenvalue weighted by Crippen LogP contribution is 2.29. The van der Waals surface area contributed by atoms with Crippen molar-refractivity contribution in [2.75, 3.05) is 12.4 Å². The summed E-state index contributed by atoms with van der Waals surface area (Å²) < 4.78 is 39.2. The first kappa shape index (κ1) is 22.2. The largest absolute Gasteiger partial charge is 0.493 e. The number of ether oxygens (including phenoxy) is 1. The van der Waals surface area contributed by atoms with Gasteiger partial charge in [0.15, 0.2) is 5.16 Å². The van der Waals surface area contributed by atoms with Crippen molar-refractivity contribution in [3.63, 3.8) is 0 Å². The maximum atomic E-state index is 13.4. The van der Waals surface area contributed by atoms with Crippen LogP contribution in [-0.4, -0.2) is 29.7 Å². The second kappa shape index (κ2) is 9.00. The first-order valence-corrected chi connectivity index (χ1v) is 12.9. The van der Waals surface area contributed by atoms with Crippen LogP contribution in [0.2, 0.25) is 0 Å². The molecule has 9 heteroatoms. The van der Waals surface area contributed by atoms with Gasteiger partial charge in [-0.25, -0.2) is 22.2 Å². The van der Waals surface area contributed by atoms with Gasteiger partial charge in [-0.1, -0.05) is 42.1 Å². The number of aromatic nitrogens is 2. The topological polar surface area (TPSA) is 91.4 Å². The van der Waals surface area contributed by atoms with E-state index in [1.54, 1.807) is 54.6 Å². The molecular weight excluding hydrogens is 472 g/mol. The van der Waals surface area contributed by atoms with Crippen LogP contribution in [-0.2, 0) is 10.0 Å². The van der Waals surface area contributed by atoms with E-state index in [2.05, 4.69) is 4.98 Å². The fourth-order valence-electron chi connectivity index (χ4n) is 3.69. The molecule has 3 aromatic carbocycles. The van der Waals surface area contributed by atoms with E-state index in [0.29, 0.717) is 39.9 Å². The van der Waals surface area contributed by atoms with E-state index in [4.69, 9.17) is 9.15 Å². The lowest BCUT2D eigenvalue weighted by atomic mass is 10.1. The monoisotopic (exact) mass is 492 g/mol. The van der Waals surface area contributed by atoms with Gasteiger partial charge in [0.2, 0.25) is 0 Å². The normalized spacial score (nSPS) is 11.8. The molecule has 34 heavy (non-hydrogen) atoms. The molecule has 0 aliphatic rings. The highest BCUT2D eigenvalue weighted by Gasteiger charge is 2.24. The SMILES string of the molecule is Cc1cc(=O)oc2cc(OCCSc3nc4ccccc4n3S(=O)(=O)c3ccccc3)ccc12. The second-order valence-electron chi connectivity index (χ2n) is 7.57. The number of thioether (sulfide) groups is 1. The van der Waals surface area contributed by atoms with Gasteiger partial charge in [0, 0.05) is 23.3 Å². The Labute approximate surface area is 200 Å². The van der Waals surface area contributed by atoms with Crippen molar-refractivity contribution in [2.24, 2.45) is 0 Å². The number of rotatable bonds is 7. The number of imidazole rings is 1. The van der Waals surface area contributed by atoms with E-state index in [-0.39, 0.29) is 4.90 Å². The number of nitrogens with zero attached hydrogens (tertiary/aromatic N) is 2. The molecule has 0 aliphatic carbocycles. The zero-order valence-electron chi connectivity index (χ0n) is 18.2. The van der Waals surface area contributed by atoms with Gasteiger partial charge >= 0.3 is 5.63 Å². The lowest BCUT2D eigenvalue weighted by Crippen LogP contribution is -2.14. The van der Waals surface area contributed by atoms with E-state index >= 15 is 0 Å². The molecule has 0 bridgehead atoms. The molecule has 0 unspecified atom stereocenters. The van der Waals surface area contributed by atoms with Crippen LogP contribution in [0, 0.1) is 6.92 Å². The van der Waals surface area contributed by atoms with E-state index in [0.717, 1.165) is 10.9 Å². The van der Waals surface area contributed by atoms with Gasteiger partial charge in [-0.05, 0) is 48.9 Å². The molecule has 0 spiro atoms. The van der Waals surface area contributed by atoms with Crippen molar-refractivity contribution < 1.29 is 17.6 Å². The summed E-state index contributed by atoms with van der Waals surface area (Å²) in [6.07, 6.45) is 0. The Morgan fingerprint density at radius 3 is 2.59 bits per heavy atom. The summed E-state index contributed by atoms with van der Waals surface area (Å²) in [5, 5.41) is 1.22. The summed E-state index contributed by atoms with van der Waals surface area (Å²) in [5.74, 6) is 1.02. The van der Waals surface area contributed by atoms with Crippen molar-refractivity contribution in [3.05, 3.63) is 94.8 Å². The average molecular weight is 493 g/mol. The van der Waals surface area contributed by atoms with Crippen LogP contribution < -0.4 is 10.4 Å². The van der Waals surface area contributed by atoms with Crippen molar-refractivity contribution in [3.8, 4) is 5.75 Å². The van der Waals surface area contributed by atoms with Gasteiger partial charge in [-0.15, -0.1) is 0 Å². The smallest absolute Gasteiger partial charge is 0.336 e. The highest BCUT2D eigenvalue weighted by molar-refractivity contribution is 8.00. The third-order valence-electron chi connectivity index (χ3n) is 5.28. The van der Waals surface area contributed by atoms with Gasteiger partial charge < -0.3 is 9.15 Å². The van der Waals surface area contributed by atoms with E-state index < -0.39 is 15.6 Å². The number of fused-ring (bicyclic) bond motifs is 2. The summed E-state index contributed by atoms with van der Waals surface area (Å²) in [5.41, 5.74) is 2.02. The minimum atomic E-state index is -3.82. The van der Waals surface area contributed by atoms with Crippen LogP contribution in [0.25, 0.3) is 22.0 Å². The Balaban J connectivity index is 1.37. The van der Waals surface area contributed by atoms with Crippen molar-refractivity contribution in [1.29, 1.82) is 0 Å². The van der Waals surface area contributed by atoms with Gasteiger partial charge in [-0.2, -0.15) is 0 Å². The molecular formula is C25H20N2O5S2. The summed E-state index contributed by atoms with van der Waals surface area (Å²) >= 11 is 1.30. The molecule has 0 fully saturated rings. The van der Waals surface area contributed by atoms with E-state index in [1.165, 1.54) is 21.8 Å². The summed E-state index contributed by atoms with van der Waals surface area (Å²) in [4.78, 5) is 16.4. The summed E-state index contributed by atoms with van der Waals surface area (Å²) in [7, 11) is -3.82. The molecule has 0 saturated carbocycles. The molecule has 5 aromatic rings. The lowest BCUT2D eigenvalue weighted by molar-refractivity contribution is 0.343. The maximum Gasteiger partial charge on any atom is 0.336 e. The predicted molar refractivity (Wildman–Crippen MR) is 132 cm³/mol. The maximum absolute atomic E-state index is 13.4. The third kappa shape index (κ3) is 4.20. The standard InChI is InChI=1S/C25H20N2O5S2/c1-17-15-24(28)32-23-16-18(11-12-20(17)23)31-13-14-33-25-26-21-9-5-6-10-22(21)27(25)34(29,30)19-7-3-2-4-8-19/h2-12,15-16H,13-14H2,1H3. The van der Waals surface area contributed by atoms with Crippen LogP contribution in [0.4, 0.5) is 0 Å². The Hall–Kier alpha value is -3.56. The Morgan fingerprint density at radius 2 is 1.76 bits per heavy atom. The van der Waals surface area contributed by atoms with Gasteiger partial charge in [-0.3, -0.25) is 0 Å². The van der Waals surface area contributed by atoms with E-state index in [9.17, 15) is 13.2 Å². The first-order valence-electron chi connectivity index (χ1n) is 10.5. The molecule has 0 N–H and O–H groups in total. The van der Waals surface area contributed by atoms with Gasteiger partial charge in [0.1, 0.15) is 11.3 Å². The zero-order valence-corrected chi connectivity index (χ0v) is 19.8. The fourth-order valence-corrected chi connectivity index (χ4v) is 6.24. The fraction of sp³-hybridized carbons (Fsp3) is 0.120. The van der Waals surface area contributed by atoms with Gasteiger partial charge in [0.25, 0.3) is 10.0 Å². The molecule has 2 heterocycles. The number of aryl methyl sites for hydroxylation is 1. The molecule has 5 rings (SSSR count). The summed E-state index contributed by atoms with van der Waals surface area (Å²) in [6.45, 7) is 2.16. The van der Waals surface area contributed by atoms with E-state index in [1.807, 2.05) is 25.1 Å². The first-order chi connectivity index (χ1) is 16.4. The average Bonchev–Trinajstić information content (AvgIpc) is 3.21. The molecule has 0 radical (unpaired) electrons. The number of benzene rings is 3. The molecule has 0 atom stereocenters. The van der Waals surface area contributed by atoms with Crippen LogP contribution in [0.1, 0.15) is 5.56 Å². The molecule has 2 aromatic heterocycles. The molecule has 0 saturated heterocycles.